The summed E-state index contributed by atoms with van der Waals surface area (Å²) in [5.41, 5.74) is -1.93. The third kappa shape index (κ3) is 1.97. The van der Waals surface area contributed by atoms with Crippen molar-refractivity contribution in [3.8, 4) is 11.5 Å². The van der Waals surface area contributed by atoms with E-state index >= 15 is 0 Å². The third-order valence-electron chi connectivity index (χ3n) is 5.12. The van der Waals surface area contributed by atoms with E-state index in [2.05, 4.69) is 0 Å². The van der Waals surface area contributed by atoms with Crippen molar-refractivity contribution in [2.75, 3.05) is 0 Å². The zero-order valence-electron chi connectivity index (χ0n) is 14.1. The fourth-order valence-electron chi connectivity index (χ4n) is 3.77. The van der Waals surface area contributed by atoms with Crippen LogP contribution in [0.25, 0.3) is 43.1 Å². The molecule has 0 saturated carbocycles. The summed E-state index contributed by atoms with van der Waals surface area (Å²) in [6.07, 6.45) is 0. The van der Waals surface area contributed by atoms with Gasteiger partial charge >= 0.3 is 0 Å². The highest BCUT2D eigenvalue weighted by atomic mass is 16.3. The maximum absolute atomic E-state index is 12.9. The van der Waals surface area contributed by atoms with Crippen LogP contribution in [0, 0.1) is 0 Å². The number of rotatable bonds is 0. The second-order valence-corrected chi connectivity index (χ2v) is 6.72. The van der Waals surface area contributed by atoms with Crippen molar-refractivity contribution in [1.29, 1.82) is 0 Å². The van der Waals surface area contributed by atoms with Crippen LogP contribution in [0.4, 0.5) is 0 Å². The van der Waals surface area contributed by atoms with Crippen LogP contribution in [0.2, 0.25) is 0 Å². The summed E-state index contributed by atoms with van der Waals surface area (Å²) in [5, 5.41) is 19.8. The van der Waals surface area contributed by atoms with Crippen molar-refractivity contribution in [3.63, 3.8) is 0 Å². The lowest BCUT2D eigenvalue weighted by atomic mass is 9.96. The molecular weight excluding hydrogens is 360 g/mol. The molecular formula is C22H10O6. The fraction of sp³-hybridized carbons (Fsp3) is 0. The molecule has 0 spiro atoms. The quantitative estimate of drug-likeness (QED) is 0.404. The molecule has 0 aliphatic carbocycles. The zero-order chi connectivity index (χ0) is 19.7. The van der Waals surface area contributed by atoms with Gasteiger partial charge in [-0.05, 0) is 48.5 Å². The lowest BCUT2D eigenvalue weighted by Crippen LogP contribution is -2.17. The molecule has 134 valence electrons. The highest BCUT2D eigenvalue weighted by Gasteiger charge is 2.16. The zero-order valence-corrected chi connectivity index (χ0v) is 14.1. The highest BCUT2D eigenvalue weighted by Crippen LogP contribution is 2.23. The Balaban J connectivity index is 2.12. The Hall–Kier alpha value is -4.06. The fourth-order valence-corrected chi connectivity index (χ4v) is 3.77. The van der Waals surface area contributed by atoms with Gasteiger partial charge in [0.1, 0.15) is 11.5 Å². The molecule has 0 aromatic heterocycles. The van der Waals surface area contributed by atoms with Gasteiger partial charge < -0.3 is 10.2 Å². The van der Waals surface area contributed by atoms with Gasteiger partial charge in [-0.1, -0.05) is 0 Å². The molecule has 0 amide bonds. The minimum Gasteiger partial charge on any atom is -0.508 e. The minimum absolute atomic E-state index is 0.00611. The molecule has 6 heteroatoms. The Morgan fingerprint density at radius 2 is 0.679 bits per heavy atom. The first-order chi connectivity index (χ1) is 13.4. The van der Waals surface area contributed by atoms with Gasteiger partial charge in [0.25, 0.3) is 0 Å². The summed E-state index contributed by atoms with van der Waals surface area (Å²) in [4.78, 5) is 51.5. The van der Waals surface area contributed by atoms with Crippen molar-refractivity contribution in [1.82, 2.24) is 0 Å². The van der Waals surface area contributed by atoms with Crippen LogP contribution in [0.5, 0.6) is 11.5 Å². The van der Waals surface area contributed by atoms with Gasteiger partial charge in [-0.2, -0.15) is 0 Å². The molecule has 0 saturated heterocycles. The second kappa shape index (κ2) is 5.23. The number of hydrogen-bond donors (Lipinski definition) is 2. The van der Waals surface area contributed by atoms with E-state index in [4.69, 9.17) is 0 Å². The van der Waals surface area contributed by atoms with E-state index in [-0.39, 0.29) is 54.6 Å². The summed E-state index contributed by atoms with van der Waals surface area (Å²) in [5.74, 6) is -0.311. The Morgan fingerprint density at radius 3 is 1.04 bits per heavy atom. The predicted molar refractivity (Wildman–Crippen MR) is 107 cm³/mol. The average Bonchev–Trinajstić information content (AvgIpc) is 2.69. The molecule has 2 N–H and O–H groups in total. The van der Waals surface area contributed by atoms with E-state index in [0.29, 0.717) is 0 Å². The van der Waals surface area contributed by atoms with Gasteiger partial charge in [0.2, 0.25) is 0 Å². The second-order valence-electron chi connectivity index (χ2n) is 6.72. The standard InChI is InChI=1S/C22H10O6/c23-9-1-3-11-13(5-9)21(27)17-8-18-16(7-15(17)19(11)25)20(26)12-4-2-10(24)6-14(12)22(18)28/h1-8,23-24H. The lowest BCUT2D eigenvalue weighted by molar-refractivity contribution is 0.475. The van der Waals surface area contributed by atoms with Crippen LogP contribution in [0.1, 0.15) is 0 Å². The Bertz CT molecular complexity index is 1580. The first-order valence-electron chi connectivity index (χ1n) is 8.39. The molecule has 0 aliphatic heterocycles. The molecule has 6 nitrogen and oxygen atoms in total. The van der Waals surface area contributed by atoms with Crippen molar-refractivity contribution >= 4 is 43.1 Å². The number of hydrogen-bond acceptors (Lipinski definition) is 6. The van der Waals surface area contributed by atoms with Gasteiger partial charge in [-0.25, -0.2) is 0 Å². The van der Waals surface area contributed by atoms with E-state index in [0.717, 1.165) is 0 Å². The number of fused-ring (bicyclic) bond motifs is 4. The summed E-state index contributed by atoms with van der Waals surface area (Å²) >= 11 is 0. The molecule has 0 heterocycles. The molecule has 5 aromatic carbocycles. The molecule has 0 fully saturated rings. The van der Waals surface area contributed by atoms with Crippen LogP contribution < -0.4 is 21.7 Å². The van der Waals surface area contributed by atoms with Gasteiger partial charge in [0.15, 0.2) is 21.7 Å². The van der Waals surface area contributed by atoms with E-state index in [1.54, 1.807) is 0 Å². The highest BCUT2D eigenvalue weighted by molar-refractivity contribution is 6.07. The van der Waals surface area contributed by atoms with Crippen molar-refractivity contribution in [2.45, 2.75) is 0 Å². The normalized spacial score (nSPS) is 11.7. The molecule has 5 rings (SSSR count). The predicted octanol–water partition coefficient (Wildman–Crippen LogP) is 2.03. The smallest absolute Gasteiger partial charge is 0.194 e. The van der Waals surface area contributed by atoms with Crippen LogP contribution in [-0.4, -0.2) is 10.2 Å². The molecule has 0 aliphatic rings. The first-order valence-corrected chi connectivity index (χ1v) is 8.39. The van der Waals surface area contributed by atoms with Crippen molar-refractivity contribution < 1.29 is 10.2 Å². The third-order valence-corrected chi connectivity index (χ3v) is 5.12. The minimum atomic E-state index is -0.509. The molecule has 0 atom stereocenters. The maximum Gasteiger partial charge on any atom is 0.194 e. The maximum atomic E-state index is 12.9. The van der Waals surface area contributed by atoms with Crippen LogP contribution in [0.3, 0.4) is 0 Å². The number of phenolic OH excluding ortho intramolecular Hbond substituents is 2. The average molecular weight is 370 g/mol. The number of phenols is 2. The van der Waals surface area contributed by atoms with Crippen molar-refractivity contribution in [3.05, 3.63) is 89.4 Å². The Morgan fingerprint density at radius 1 is 0.393 bits per heavy atom. The van der Waals surface area contributed by atoms with Crippen LogP contribution in [-0.2, 0) is 0 Å². The Labute approximate surface area is 154 Å². The van der Waals surface area contributed by atoms with E-state index in [9.17, 15) is 29.4 Å². The Kier molecular flexibility index (Phi) is 3.02. The molecule has 0 radical (unpaired) electrons. The number of benzene rings is 5. The van der Waals surface area contributed by atoms with E-state index in [1.807, 2.05) is 0 Å². The molecule has 5 aromatic rings. The molecule has 28 heavy (non-hydrogen) atoms. The topological polar surface area (TPSA) is 109 Å². The van der Waals surface area contributed by atoms with E-state index < -0.39 is 21.7 Å². The van der Waals surface area contributed by atoms with Crippen LogP contribution >= 0.6 is 0 Å². The first kappa shape index (κ1) is 16.1. The summed E-state index contributed by atoms with van der Waals surface area (Å²) in [6, 6.07) is 10.3. The van der Waals surface area contributed by atoms with Gasteiger partial charge in [-0.15, -0.1) is 0 Å². The van der Waals surface area contributed by atoms with E-state index in [1.165, 1.54) is 48.5 Å². The SMILES string of the molecule is O=c1c2ccc(O)cc2c(=O)c2cc3c(=O)c4cc(O)ccc4c(=O)c3cc12. The lowest BCUT2D eigenvalue weighted by Gasteiger charge is -2.05. The monoisotopic (exact) mass is 370 g/mol. The molecule has 0 bridgehead atoms. The summed E-state index contributed by atoms with van der Waals surface area (Å²) in [6.45, 7) is 0. The van der Waals surface area contributed by atoms with Gasteiger partial charge in [0.05, 0.1) is 0 Å². The molecule has 0 unspecified atom stereocenters. The van der Waals surface area contributed by atoms with Crippen molar-refractivity contribution in [2.24, 2.45) is 0 Å². The van der Waals surface area contributed by atoms with Gasteiger partial charge in [-0.3, -0.25) is 19.2 Å². The van der Waals surface area contributed by atoms with Crippen LogP contribution in [0.15, 0.2) is 67.7 Å². The number of aromatic hydroxyl groups is 2. The summed E-state index contributed by atoms with van der Waals surface area (Å²) in [7, 11) is 0. The summed E-state index contributed by atoms with van der Waals surface area (Å²) < 4.78 is 0. The van der Waals surface area contributed by atoms with Gasteiger partial charge in [0, 0.05) is 43.1 Å². The largest absolute Gasteiger partial charge is 0.508 e.